The van der Waals surface area contributed by atoms with Gasteiger partial charge in [0.05, 0.1) is 4.47 Å². The molecule has 0 bridgehead atoms. The van der Waals surface area contributed by atoms with Crippen LogP contribution in [0, 0.1) is 5.82 Å². The lowest BCUT2D eigenvalue weighted by molar-refractivity contribution is 0.304. The lowest BCUT2D eigenvalue weighted by atomic mass is 10.1. The minimum atomic E-state index is -0.355. The number of benzene rings is 3. The van der Waals surface area contributed by atoms with Crippen LogP contribution < -0.4 is 10.5 Å². The third-order valence-electron chi connectivity index (χ3n) is 3.20. The first-order valence-corrected chi connectivity index (χ1v) is 7.28. The van der Waals surface area contributed by atoms with Gasteiger partial charge in [0.2, 0.25) is 0 Å². The van der Waals surface area contributed by atoms with E-state index in [9.17, 15) is 4.39 Å². The predicted octanol–water partition coefficient (Wildman–Crippen LogP) is 4.90. The van der Waals surface area contributed by atoms with E-state index in [2.05, 4.69) is 15.9 Å². The number of halogens is 2. The molecule has 4 heteroatoms. The van der Waals surface area contributed by atoms with E-state index in [1.54, 1.807) is 6.07 Å². The van der Waals surface area contributed by atoms with E-state index >= 15 is 0 Å². The van der Waals surface area contributed by atoms with Gasteiger partial charge in [-0.1, -0.05) is 30.3 Å². The second-order valence-electron chi connectivity index (χ2n) is 4.78. The van der Waals surface area contributed by atoms with E-state index in [0.29, 0.717) is 11.3 Å². The summed E-state index contributed by atoms with van der Waals surface area (Å²) in [5.41, 5.74) is 6.72. The fourth-order valence-corrected chi connectivity index (χ4v) is 2.85. The fourth-order valence-electron chi connectivity index (χ4n) is 2.24. The smallest absolute Gasteiger partial charge is 0.134 e. The molecule has 0 aromatic heterocycles. The average Bonchev–Trinajstić information content (AvgIpc) is 2.46. The standard InChI is InChI=1S/C17H13BrFNO/c18-17-15-4-2-1-3-12(15)5-6-16(17)21-10-11-7-13(19)9-14(20)8-11/h1-9H,10,20H2. The van der Waals surface area contributed by atoms with Crippen LogP contribution in [-0.4, -0.2) is 0 Å². The number of rotatable bonds is 3. The van der Waals surface area contributed by atoms with Crippen molar-refractivity contribution in [2.75, 3.05) is 5.73 Å². The summed E-state index contributed by atoms with van der Waals surface area (Å²) in [6.45, 7) is 0.263. The number of anilines is 1. The molecule has 3 aromatic carbocycles. The van der Waals surface area contributed by atoms with Gasteiger partial charge in [0.15, 0.2) is 0 Å². The highest BCUT2D eigenvalue weighted by molar-refractivity contribution is 9.10. The summed E-state index contributed by atoms with van der Waals surface area (Å²) in [6, 6.07) is 16.3. The van der Waals surface area contributed by atoms with E-state index < -0.39 is 0 Å². The molecule has 3 aromatic rings. The monoisotopic (exact) mass is 345 g/mol. The number of hydrogen-bond donors (Lipinski definition) is 1. The Hall–Kier alpha value is -2.07. The Labute approximate surface area is 130 Å². The maximum Gasteiger partial charge on any atom is 0.134 e. The molecule has 0 aliphatic rings. The van der Waals surface area contributed by atoms with Crippen LogP contribution in [0.15, 0.2) is 59.1 Å². The van der Waals surface area contributed by atoms with Crippen molar-refractivity contribution in [3.8, 4) is 5.75 Å². The first-order valence-electron chi connectivity index (χ1n) is 6.48. The Bertz CT molecular complexity index is 784. The lowest BCUT2D eigenvalue weighted by Crippen LogP contribution is -1.98. The number of hydrogen-bond acceptors (Lipinski definition) is 2. The summed E-state index contributed by atoms with van der Waals surface area (Å²) in [6.07, 6.45) is 0. The topological polar surface area (TPSA) is 35.2 Å². The molecule has 2 nitrogen and oxygen atoms in total. The van der Waals surface area contributed by atoms with Crippen LogP contribution in [0.5, 0.6) is 5.75 Å². The van der Waals surface area contributed by atoms with Crippen molar-refractivity contribution in [3.05, 3.63) is 70.5 Å². The van der Waals surface area contributed by atoms with Gasteiger partial charge >= 0.3 is 0 Å². The zero-order chi connectivity index (χ0) is 14.8. The Morgan fingerprint density at radius 2 is 1.86 bits per heavy atom. The van der Waals surface area contributed by atoms with Crippen molar-refractivity contribution in [3.63, 3.8) is 0 Å². The minimum Gasteiger partial charge on any atom is -0.488 e. The van der Waals surface area contributed by atoms with Gasteiger partial charge in [0, 0.05) is 5.69 Å². The van der Waals surface area contributed by atoms with Crippen molar-refractivity contribution in [2.45, 2.75) is 6.61 Å². The van der Waals surface area contributed by atoms with Gasteiger partial charge in [-0.2, -0.15) is 0 Å². The highest BCUT2D eigenvalue weighted by Crippen LogP contribution is 2.33. The molecule has 106 valence electrons. The summed E-state index contributed by atoms with van der Waals surface area (Å²) in [5.74, 6) is 0.364. The predicted molar refractivity (Wildman–Crippen MR) is 86.8 cm³/mol. The first kappa shape index (κ1) is 13.9. The van der Waals surface area contributed by atoms with Crippen LogP contribution >= 0.6 is 15.9 Å². The zero-order valence-corrected chi connectivity index (χ0v) is 12.7. The van der Waals surface area contributed by atoms with E-state index in [-0.39, 0.29) is 12.4 Å². The largest absolute Gasteiger partial charge is 0.488 e. The Kier molecular flexibility index (Phi) is 3.80. The minimum absolute atomic E-state index is 0.263. The van der Waals surface area contributed by atoms with Gasteiger partial charge in [0.1, 0.15) is 18.2 Å². The number of fused-ring (bicyclic) bond motifs is 1. The molecule has 0 saturated heterocycles. The van der Waals surface area contributed by atoms with Crippen molar-refractivity contribution >= 4 is 32.4 Å². The van der Waals surface area contributed by atoms with Crippen LogP contribution in [0.1, 0.15) is 5.56 Å². The van der Waals surface area contributed by atoms with Gasteiger partial charge in [-0.05, 0) is 56.5 Å². The molecule has 0 spiro atoms. The second kappa shape index (κ2) is 5.74. The SMILES string of the molecule is Nc1cc(F)cc(COc2ccc3ccccc3c2Br)c1. The maximum atomic E-state index is 13.3. The fraction of sp³-hybridized carbons (Fsp3) is 0.0588. The lowest BCUT2D eigenvalue weighted by Gasteiger charge is -2.11. The first-order chi connectivity index (χ1) is 10.1. The van der Waals surface area contributed by atoms with Gasteiger partial charge in [0.25, 0.3) is 0 Å². The molecular weight excluding hydrogens is 333 g/mol. The van der Waals surface area contributed by atoms with E-state index in [1.807, 2.05) is 36.4 Å². The third kappa shape index (κ3) is 3.00. The van der Waals surface area contributed by atoms with E-state index in [1.165, 1.54) is 12.1 Å². The van der Waals surface area contributed by atoms with Crippen LogP contribution in [0.2, 0.25) is 0 Å². The zero-order valence-electron chi connectivity index (χ0n) is 11.1. The molecular formula is C17H13BrFNO. The summed E-state index contributed by atoms with van der Waals surface area (Å²) in [7, 11) is 0. The maximum absolute atomic E-state index is 13.3. The normalized spacial score (nSPS) is 10.8. The molecule has 0 atom stereocenters. The molecule has 0 amide bonds. The van der Waals surface area contributed by atoms with Gasteiger partial charge < -0.3 is 10.5 Å². The highest BCUT2D eigenvalue weighted by Gasteiger charge is 2.07. The van der Waals surface area contributed by atoms with Crippen molar-refractivity contribution in [1.29, 1.82) is 0 Å². The third-order valence-corrected chi connectivity index (χ3v) is 4.02. The van der Waals surface area contributed by atoms with Crippen molar-refractivity contribution in [2.24, 2.45) is 0 Å². The molecule has 0 aliphatic carbocycles. The number of nitrogens with two attached hydrogens (primary N) is 1. The van der Waals surface area contributed by atoms with Crippen LogP contribution in [-0.2, 0) is 6.61 Å². The molecule has 0 heterocycles. The average molecular weight is 346 g/mol. The summed E-state index contributed by atoms with van der Waals surface area (Å²) >= 11 is 3.56. The van der Waals surface area contributed by atoms with Gasteiger partial charge in [-0.25, -0.2) is 4.39 Å². The van der Waals surface area contributed by atoms with Crippen molar-refractivity contribution in [1.82, 2.24) is 0 Å². The molecule has 3 rings (SSSR count). The highest BCUT2D eigenvalue weighted by atomic mass is 79.9. The van der Waals surface area contributed by atoms with Gasteiger partial charge in [-0.3, -0.25) is 0 Å². The molecule has 21 heavy (non-hydrogen) atoms. The summed E-state index contributed by atoms with van der Waals surface area (Å²) in [5, 5.41) is 2.21. The summed E-state index contributed by atoms with van der Waals surface area (Å²) in [4.78, 5) is 0. The number of ether oxygens (including phenoxy) is 1. The molecule has 0 fully saturated rings. The molecule has 0 unspecified atom stereocenters. The molecule has 0 aliphatic heterocycles. The molecule has 0 radical (unpaired) electrons. The van der Waals surface area contributed by atoms with E-state index in [0.717, 1.165) is 21.0 Å². The second-order valence-corrected chi connectivity index (χ2v) is 5.57. The Morgan fingerprint density at radius 1 is 1.05 bits per heavy atom. The molecule has 0 saturated carbocycles. The van der Waals surface area contributed by atoms with Crippen LogP contribution in [0.3, 0.4) is 0 Å². The Morgan fingerprint density at radius 3 is 2.67 bits per heavy atom. The van der Waals surface area contributed by atoms with Crippen LogP contribution in [0.25, 0.3) is 10.8 Å². The Balaban J connectivity index is 1.86. The van der Waals surface area contributed by atoms with Crippen LogP contribution in [0.4, 0.5) is 10.1 Å². The molecule has 2 N–H and O–H groups in total. The quantitative estimate of drug-likeness (QED) is 0.685. The van der Waals surface area contributed by atoms with Crippen molar-refractivity contribution < 1.29 is 9.13 Å². The summed E-state index contributed by atoms with van der Waals surface area (Å²) < 4.78 is 20.0. The number of nitrogen functional groups attached to an aromatic ring is 1. The van der Waals surface area contributed by atoms with E-state index in [4.69, 9.17) is 10.5 Å². The van der Waals surface area contributed by atoms with Gasteiger partial charge in [-0.15, -0.1) is 0 Å².